The van der Waals surface area contributed by atoms with Gasteiger partial charge in [-0.1, -0.05) is 24.3 Å². The summed E-state index contributed by atoms with van der Waals surface area (Å²) in [5, 5.41) is 16.0. The second kappa shape index (κ2) is 11.9. The molecule has 1 aliphatic rings. The monoisotopic (exact) mass is 613 g/mol. The summed E-state index contributed by atoms with van der Waals surface area (Å²) in [6.07, 6.45) is 0.220. The van der Waals surface area contributed by atoms with Crippen LogP contribution in [-0.2, 0) is 4.79 Å². The quantitative estimate of drug-likeness (QED) is 0.226. The molecule has 0 aliphatic carbocycles. The van der Waals surface area contributed by atoms with Crippen LogP contribution in [0.3, 0.4) is 0 Å². The molecule has 14 heteroatoms. The van der Waals surface area contributed by atoms with Gasteiger partial charge in [-0.3, -0.25) is 4.98 Å². The molecule has 0 unspecified atom stereocenters. The van der Waals surface area contributed by atoms with Crippen molar-refractivity contribution in [1.82, 2.24) is 29.7 Å². The molecule has 0 amide bonds. The number of rotatable bonds is 5. The Morgan fingerprint density at radius 1 is 0.911 bits per heavy atom. The number of pyridine rings is 1. The topological polar surface area (TPSA) is 137 Å². The number of aryl methyl sites for hydroxylation is 1. The summed E-state index contributed by atoms with van der Waals surface area (Å²) < 4.78 is 44.5. The van der Waals surface area contributed by atoms with E-state index in [9.17, 15) is 13.2 Å². The van der Waals surface area contributed by atoms with Gasteiger partial charge in [-0.2, -0.15) is 13.2 Å². The highest BCUT2D eigenvalue weighted by Crippen LogP contribution is 2.37. The largest absolute Gasteiger partial charge is 0.490 e. The Balaban J connectivity index is 0.000000460. The maximum absolute atomic E-state index is 10.6. The number of nitrogens with zero attached hydrogens (tertiary/aromatic N) is 6. The zero-order valence-electron chi connectivity index (χ0n) is 23.4. The van der Waals surface area contributed by atoms with Gasteiger partial charge in [0.1, 0.15) is 6.33 Å². The predicted octanol–water partition coefficient (Wildman–Crippen LogP) is 6.35. The second-order valence-electron chi connectivity index (χ2n) is 9.68. The highest BCUT2D eigenvalue weighted by molar-refractivity contribution is 5.94. The number of ether oxygens (including phenoxy) is 2. The van der Waals surface area contributed by atoms with E-state index in [1.807, 2.05) is 85.9 Å². The van der Waals surface area contributed by atoms with E-state index in [2.05, 4.69) is 25.4 Å². The van der Waals surface area contributed by atoms with Crippen LogP contribution in [0.15, 0.2) is 91.5 Å². The third-order valence-corrected chi connectivity index (χ3v) is 6.59. The van der Waals surface area contributed by atoms with E-state index < -0.39 is 12.1 Å². The number of nitrogens with one attached hydrogen (secondary N) is 1. The summed E-state index contributed by atoms with van der Waals surface area (Å²) in [6.45, 7) is 2.19. The molecular weight excluding hydrogens is 591 g/mol. The third kappa shape index (κ3) is 6.49. The number of carboxylic acid groups (broad SMARTS) is 1. The molecule has 45 heavy (non-hydrogen) atoms. The maximum atomic E-state index is 10.6. The van der Waals surface area contributed by atoms with Crippen molar-refractivity contribution in [1.29, 1.82) is 0 Å². The number of halogens is 3. The second-order valence-corrected chi connectivity index (χ2v) is 9.68. The van der Waals surface area contributed by atoms with Crippen LogP contribution >= 0.6 is 0 Å². The van der Waals surface area contributed by atoms with E-state index in [1.165, 1.54) is 0 Å². The van der Waals surface area contributed by atoms with Gasteiger partial charge in [0.2, 0.25) is 12.7 Å². The molecule has 0 fully saturated rings. The number of aromatic nitrogens is 6. The Morgan fingerprint density at radius 2 is 1.67 bits per heavy atom. The average Bonchev–Trinajstić information content (AvgIpc) is 3.71. The lowest BCUT2D eigenvalue weighted by atomic mass is 10.0. The summed E-state index contributed by atoms with van der Waals surface area (Å²) in [5.74, 6) is -0.130. The Morgan fingerprint density at radius 3 is 2.40 bits per heavy atom. The predicted molar refractivity (Wildman–Crippen MR) is 157 cm³/mol. The van der Waals surface area contributed by atoms with Gasteiger partial charge in [0.15, 0.2) is 17.3 Å². The Bertz CT molecular complexity index is 2000. The minimum atomic E-state index is -5.08. The number of aliphatic carboxylic acids is 1. The first-order chi connectivity index (χ1) is 21.6. The van der Waals surface area contributed by atoms with Crippen molar-refractivity contribution in [3.8, 4) is 39.7 Å². The molecule has 4 heterocycles. The summed E-state index contributed by atoms with van der Waals surface area (Å²) in [5.41, 5.74) is 6.42. The number of para-hydroxylation sites is 1. The number of carbonyl (C=O) groups is 1. The van der Waals surface area contributed by atoms with Gasteiger partial charge in [-0.15, -0.1) is 5.10 Å². The van der Waals surface area contributed by atoms with Crippen LogP contribution in [0.5, 0.6) is 11.5 Å². The van der Waals surface area contributed by atoms with Crippen molar-refractivity contribution in [2.24, 2.45) is 0 Å². The molecule has 3 aromatic heterocycles. The molecule has 2 N–H and O–H groups in total. The number of alkyl halides is 3. The van der Waals surface area contributed by atoms with Gasteiger partial charge in [0.25, 0.3) is 0 Å². The zero-order chi connectivity index (χ0) is 31.6. The van der Waals surface area contributed by atoms with Crippen molar-refractivity contribution in [3.05, 3.63) is 97.2 Å². The Hall–Kier alpha value is -6.05. The minimum absolute atomic E-state index is 0.242. The number of benzene rings is 3. The highest BCUT2D eigenvalue weighted by Gasteiger charge is 2.38. The molecule has 6 aromatic rings. The summed E-state index contributed by atoms with van der Waals surface area (Å²) in [6, 6.07) is 23.7. The third-order valence-electron chi connectivity index (χ3n) is 6.59. The summed E-state index contributed by atoms with van der Waals surface area (Å²) >= 11 is 0. The number of anilines is 2. The molecule has 7 rings (SSSR count). The molecule has 11 nitrogen and oxygen atoms in total. The van der Waals surface area contributed by atoms with Crippen LogP contribution < -0.4 is 14.8 Å². The molecule has 0 saturated heterocycles. The van der Waals surface area contributed by atoms with E-state index in [-0.39, 0.29) is 6.79 Å². The van der Waals surface area contributed by atoms with Crippen molar-refractivity contribution < 1.29 is 32.5 Å². The van der Waals surface area contributed by atoms with E-state index >= 15 is 0 Å². The Labute approximate surface area is 253 Å². The smallest absolute Gasteiger partial charge is 0.475 e. The van der Waals surface area contributed by atoms with Crippen LogP contribution in [0.1, 0.15) is 5.69 Å². The zero-order valence-corrected chi connectivity index (χ0v) is 23.4. The first-order valence-corrected chi connectivity index (χ1v) is 13.3. The summed E-state index contributed by atoms with van der Waals surface area (Å²) in [7, 11) is 0. The SMILES string of the molecule is Cc1ccc(-c2ncn(-c3ccc(Nc4ncc5cccc(-c6ccc7c(c6)OCO7)c5n4)cc3)n2)cn1.O=C(O)C(F)(F)F. The van der Waals surface area contributed by atoms with Crippen molar-refractivity contribution in [3.63, 3.8) is 0 Å². The highest BCUT2D eigenvalue weighted by atomic mass is 19.4. The van der Waals surface area contributed by atoms with E-state index in [4.69, 9.17) is 24.4 Å². The fourth-order valence-corrected chi connectivity index (χ4v) is 4.36. The average molecular weight is 614 g/mol. The van der Waals surface area contributed by atoms with E-state index in [1.54, 1.807) is 17.2 Å². The van der Waals surface area contributed by atoms with E-state index in [0.717, 1.165) is 56.2 Å². The molecular formula is C31H22F3N7O4. The lowest BCUT2D eigenvalue weighted by Gasteiger charge is -2.10. The van der Waals surface area contributed by atoms with Gasteiger partial charge in [0, 0.05) is 40.3 Å². The molecule has 1 aliphatic heterocycles. The van der Waals surface area contributed by atoms with Gasteiger partial charge in [-0.25, -0.2) is 24.4 Å². The molecule has 0 atom stereocenters. The van der Waals surface area contributed by atoms with Crippen molar-refractivity contribution in [2.45, 2.75) is 13.1 Å². The molecule has 226 valence electrons. The van der Waals surface area contributed by atoms with Crippen molar-refractivity contribution >= 4 is 28.5 Å². The van der Waals surface area contributed by atoms with Gasteiger partial charge in [-0.05, 0) is 61.0 Å². The van der Waals surface area contributed by atoms with Crippen molar-refractivity contribution in [2.75, 3.05) is 12.1 Å². The van der Waals surface area contributed by atoms with E-state index in [0.29, 0.717) is 11.8 Å². The molecule has 0 saturated carbocycles. The van der Waals surface area contributed by atoms with Gasteiger partial charge in [0.05, 0.1) is 11.2 Å². The normalized spacial score (nSPS) is 12.0. The van der Waals surface area contributed by atoms with Crippen LogP contribution in [0.4, 0.5) is 24.8 Å². The summed E-state index contributed by atoms with van der Waals surface area (Å²) in [4.78, 5) is 27.0. The van der Waals surface area contributed by atoms with Gasteiger partial charge >= 0.3 is 12.1 Å². The minimum Gasteiger partial charge on any atom is -0.475 e. The number of fused-ring (bicyclic) bond motifs is 2. The number of hydrogen-bond acceptors (Lipinski definition) is 9. The number of hydrogen-bond donors (Lipinski definition) is 2. The standard InChI is InChI=1S/C29H21N7O2.C2HF3O2/c1-18-5-6-21(15-30-18)28-32-16-36(35-28)23-10-8-22(9-11-23)33-29-31-14-20-3-2-4-24(27(20)34-29)19-7-12-25-26(13-19)38-17-37-25;3-2(4,5)1(6)7/h2-16H,17H2,1H3,(H,31,33,34);(H,6,7). The first-order valence-electron chi connectivity index (χ1n) is 13.3. The maximum Gasteiger partial charge on any atom is 0.490 e. The molecule has 0 radical (unpaired) electrons. The van der Waals surface area contributed by atoms with Crippen LogP contribution in [-0.4, -0.2) is 53.8 Å². The molecule has 0 bridgehead atoms. The fraction of sp³-hybridized carbons (Fsp3) is 0.0968. The lowest BCUT2D eigenvalue weighted by molar-refractivity contribution is -0.192. The van der Waals surface area contributed by atoms with Crippen LogP contribution in [0, 0.1) is 6.92 Å². The Kier molecular flexibility index (Phi) is 7.69. The number of carboxylic acids is 1. The molecule has 0 spiro atoms. The van der Waals surface area contributed by atoms with Crippen LogP contribution in [0.25, 0.3) is 39.1 Å². The fourth-order valence-electron chi connectivity index (χ4n) is 4.36. The van der Waals surface area contributed by atoms with Gasteiger partial charge < -0.3 is 19.9 Å². The lowest BCUT2D eigenvalue weighted by Crippen LogP contribution is -2.21. The molecule has 3 aromatic carbocycles. The van der Waals surface area contributed by atoms with Crippen LogP contribution in [0.2, 0.25) is 0 Å². The first kappa shape index (κ1) is 29.0.